The van der Waals surface area contributed by atoms with Crippen molar-refractivity contribution in [2.24, 2.45) is 0 Å². The molecule has 12 heteroatoms. The summed E-state index contributed by atoms with van der Waals surface area (Å²) in [5.41, 5.74) is -0.277. The number of benzene rings is 2. The number of hydrogen-bond donors (Lipinski definition) is 0. The van der Waals surface area contributed by atoms with Gasteiger partial charge in [-0.05, 0) is 36.4 Å². The van der Waals surface area contributed by atoms with Gasteiger partial charge in [0.25, 0.3) is 5.56 Å². The summed E-state index contributed by atoms with van der Waals surface area (Å²) < 4.78 is 66.2. The van der Waals surface area contributed by atoms with E-state index >= 15 is 0 Å². The third-order valence-corrected chi connectivity index (χ3v) is 7.37. The summed E-state index contributed by atoms with van der Waals surface area (Å²) in [6.45, 7) is -0.0530. The van der Waals surface area contributed by atoms with Crippen LogP contribution in [0, 0.1) is 0 Å². The van der Waals surface area contributed by atoms with Crippen molar-refractivity contribution in [3.63, 3.8) is 0 Å². The molecule has 0 atom stereocenters. The second kappa shape index (κ2) is 8.60. The molecule has 1 aliphatic rings. The van der Waals surface area contributed by atoms with Crippen molar-refractivity contribution in [1.82, 2.24) is 18.8 Å². The number of halogens is 3. The van der Waals surface area contributed by atoms with Gasteiger partial charge in [-0.3, -0.25) is 14.2 Å². The molecular formula is C21H19F3N4O4S. The van der Waals surface area contributed by atoms with Gasteiger partial charge < -0.3 is 4.90 Å². The molecule has 0 spiro atoms. The normalized spacial score (nSPS) is 15.7. The second-order valence-corrected chi connectivity index (χ2v) is 9.42. The van der Waals surface area contributed by atoms with Crippen LogP contribution in [-0.4, -0.2) is 59.3 Å². The van der Waals surface area contributed by atoms with Gasteiger partial charge in [-0.15, -0.1) is 0 Å². The molecule has 1 amide bonds. The molecule has 33 heavy (non-hydrogen) atoms. The van der Waals surface area contributed by atoms with E-state index < -0.39 is 27.3 Å². The Labute approximate surface area is 186 Å². The van der Waals surface area contributed by atoms with E-state index in [2.05, 4.69) is 4.98 Å². The maximum Gasteiger partial charge on any atom is 0.416 e. The van der Waals surface area contributed by atoms with Gasteiger partial charge in [0.05, 0.1) is 27.7 Å². The molecular weight excluding hydrogens is 461 g/mol. The lowest BCUT2D eigenvalue weighted by molar-refractivity contribution is -0.137. The van der Waals surface area contributed by atoms with E-state index in [1.165, 1.54) is 9.47 Å². The molecule has 0 bridgehead atoms. The zero-order chi connectivity index (χ0) is 23.8. The van der Waals surface area contributed by atoms with Gasteiger partial charge in [0.15, 0.2) is 0 Å². The van der Waals surface area contributed by atoms with E-state index in [4.69, 9.17) is 0 Å². The highest BCUT2D eigenvalue weighted by Crippen LogP contribution is 2.30. The number of sulfonamides is 1. The van der Waals surface area contributed by atoms with E-state index in [1.54, 1.807) is 24.3 Å². The summed E-state index contributed by atoms with van der Waals surface area (Å²) in [6, 6.07) is 10.2. The van der Waals surface area contributed by atoms with Crippen LogP contribution in [0.1, 0.15) is 5.56 Å². The number of fused-ring (bicyclic) bond motifs is 1. The highest BCUT2D eigenvalue weighted by atomic mass is 32.2. The van der Waals surface area contributed by atoms with Crippen molar-refractivity contribution in [2.45, 2.75) is 17.6 Å². The van der Waals surface area contributed by atoms with Gasteiger partial charge in [-0.1, -0.05) is 12.1 Å². The molecule has 0 saturated carbocycles. The summed E-state index contributed by atoms with van der Waals surface area (Å²) in [4.78, 5) is 30.3. The Bertz CT molecular complexity index is 1350. The minimum absolute atomic E-state index is 0.0128. The van der Waals surface area contributed by atoms with Crippen LogP contribution in [0.5, 0.6) is 0 Å². The fourth-order valence-corrected chi connectivity index (χ4v) is 5.08. The number of hydrogen-bond acceptors (Lipinski definition) is 5. The van der Waals surface area contributed by atoms with E-state index in [9.17, 15) is 31.2 Å². The summed E-state index contributed by atoms with van der Waals surface area (Å²) in [5, 5.41) is 0. The zero-order valence-corrected chi connectivity index (χ0v) is 18.0. The predicted octanol–water partition coefficient (Wildman–Crippen LogP) is 1.95. The first-order valence-electron chi connectivity index (χ1n) is 9.97. The van der Waals surface area contributed by atoms with E-state index in [0.717, 1.165) is 34.8 Å². The van der Waals surface area contributed by atoms with Crippen LogP contribution in [0.25, 0.3) is 11.0 Å². The van der Waals surface area contributed by atoms with Gasteiger partial charge in [0.1, 0.15) is 6.54 Å². The number of carbonyl (C=O) groups is 1. The Hall–Kier alpha value is -3.25. The third kappa shape index (κ3) is 4.62. The second-order valence-electron chi connectivity index (χ2n) is 7.48. The number of nitrogens with zero attached hydrogens (tertiary/aromatic N) is 4. The summed E-state index contributed by atoms with van der Waals surface area (Å²) >= 11 is 0. The van der Waals surface area contributed by atoms with E-state index in [1.807, 2.05) is 0 Å². The fraction of sp³-hybridized carbons (Fsp3) is 0.286. The standard InChI is InChI=1S/C21H19F3N4O4S/c22-21(23,24)15-5-7-16(8-6-15)33(31,32)27-11-9-26(10-12-27)20(30)14-28-18-4-2-1-3-17(18)25-13-19(28)29/h1-8,13H,9-12,14H2. The average Bonchev–Trinajstić information content (AvgIpc) is 2.80. The van der Waals surface area contributed by atoms with E-state index in [0.29, 0.717) is 11.0 Å². The molecule has 4 rings (SSSR count). The lowest BCUT2D eigenvalue weighted by Gasteiger charge is -2.34. The van der Waals surface area contributed by atoms with Crippen molar-refractivity contribution in [3.05, 3.63) is 70.6 Å². The van der Waals surface area contributed by atoms with Crippen LogP contribution in [0.2, 0.25) is 0 Å². The molecule has 1 aliphatic heterocycles. The Kier molecular flexibility index (Phi) is 5.97. The van der Waals surface area contributed by atoms with Crippen molar-refractivity contribution < 1.29 is 26.4 Å². The molecule has 0 N–H and O–H groups in total. The summed E-state index contributed by atoms with van der Waals surface area (Å²) in [6.07, 6.45) is -3.42. The third-order valence-electron chi connectivity index (χ3n) is 5.46. The van der Waals surface area contributed by atoms with Crippen LogP contribution in [0.3, 0.4) is 0 Å². The van der Waals surface area contributed by atoms with Crippen LogP contribution in [-0.2, 0) is 27.5 Å². The minimum Gasteiger partial charge on any atom is -0.338 e. The molecule has 0 radical (unpaired) electrons. The number of carbonyl (C=O) groups excluding carboxylic acids is 1. The minimum atomic E-state index is -4.56. The van der Waals surface area contributed by atoms with Gasteiger partial charge in [0.2, 0.25) is 15.9 Å². The predicted molar refractivity (Wildman–Crippen MR) is 113 cm³/mol. The van der Waals surface area contributed by atoms with Crippen LogP contribution in [0.4, 0.5) is 13.2 Å². The number of rotatable bonds is 4. The topological polar surface area (TPSA) is 92.6 Å². The average molecular weight is 480 g/mol. The SMILES string of the molecule is O=C(Cn1c(=O)cnc2ccccc21)N1CCN(S(=O)(=O)c2ccc(C(F)(F)F)cc2)CC1. The number of amides is 1. The molecule has 1 aromatic heterocycles. The summed E-state index contributed by atoms with van der Waals surface area (Å²) in [7, 11) is -4.00. The largest absolute Gasteiger partial charge is 0.416 e. The lowest BCUT2D eigenvalue weighted by atomic mass is 10.2. The number of piperazine rings is 1. The van der Waals surface area contributed by atoms with Crippen molar-refractivity contribution in [1.29, 1.82) is 0 Å². The Balaban J connectivity index is 1.44. The Morgan fingerprint density at radius 3 is 2.24 bits per heavy atom. The van der Waals surface area contributed by atoms with Gasteiger partial charge in [0, 0.05) is 26.2 Å². The molecule has 0 unspecified atom stereocenters. The molecule has 174 valence electrons. The van der Waals surface area contributed by atoms with Crippen molar-refractivity contribution >= 4 is 27.0 Å². The molecule has 1 saturated heterocycles. The number of para-hydroxylation sites is 2. The lowest BCUT2D eigenvalue weighted by Crippen LogP contribution is -2.51. The number of aromatic nitrogens is 2. The van der Waals surface area contributed by atoms with Gasteiger partial charge in [-0.2, -0.15) is 17.5 Å². The Morgan fingerprint density at radius 2 is 1.61 bits per heavy atom. The smallest absolute Gasteiger partial charge is 0.338 e. The highest BCUT2D eigenvalue weighted by Gasteiger charge is 2.33. The van der Waals surface area contributed by atoms with Crippen LogP contribution < -0.4 is 5.56 Å². The van der Waals surface area contributed by atoms with Gasteiger partial charge in [-0.25, -0.2) is 13.4 Å². The maximum atomic E-state index is 12.8. The monoisotopic (exact) mass is 480 g/mol. The molecule has 2 aromatic carbocycles. The summed E-state index contributed by atoms with van der Waals surface area (Å²) in [5.74, 6) is -0.347. The molecule has 8 nitrogen and oxygen atoms in total. The molecule has 3 aromatic rings. The number of alkyl halides is 3. The fourth-order valence-electron chi connectivity index (χ4n) is 3.66. The quantitative estimate of drug-likeness (QED) is 0.569. The first kappa shape index (κ1) is 22.9. The first-order valence-corrected chi connectivity index (χ1v) is 11.4. The Morgan fingerprint density at radius 1 is 0.970 bits per heavy atom. The van der Waals surface area contributed by atoms with Crippen molar-refractivity contribution in [3.8, 4) is 0 Å². The van der Waals surface area contributed by atoms with Crippen LogP contribution >= 0.6 is 0 Å². The molecule has 2 heterocycles. The first-order chi connectivity index (χ1) is 15.6. The van der Waals surface area contributed by atoms with E-state index in [-0.39, 0.29) is 43.5 Å². The van der Waals surface area contributed by atoms with Crippen molar-refractivity contribution in [2.75, 3.05) is 26.2 Å². The van der Waals surface area contributed by atoms with Crippen LogP contribution in [0.15, 0.2) is 64.4 Å². The highest BCUT2D eigenvalue weighted by molar-refractivity contribution is 7.89. The molecule has 0 aliphatic carbocycles. The maximum absolute atomic E-state index is 12.8. The molecule has 1 fully saturated rings. The van der Waals surface area contributed by atoms with Gasteiger partial charge >= 0.3 is 6.18 Å². The zero-order valence-electron chi connectivity index (χ0n) is 17.2.